The number of anilines is 1. The number of benzene rings is 1. The predicted octanol–water partition coefficient (Wildman–Crippen LogP) is 3.11. The number of aromatic nitrogens is 5. The van der Waals surface area contributed by atoms with Crippen LogP contribution < -0.4 is 10.1 Å². The molecule has 0 fully saturated rings. The van der Waals surface area contributed by atoms with Gasteiger partial charge in [0.15, 0.2) is 0 Å². The Morgan fingerprint density at radius 1 is 1.26 bits per heavy atom. The number of rotatable bonds is 6. The SMILES string of the molecule is O=C(Nc1nnc(CCOc2ccc(Cl)cc2)s1)c1cn2cccnc2n1. The van der Waals surface area contributed by atoms with Crippen LogP contribution >= 0.6 is 22.9 Å². The molecule has 0 aliphatic carbocycles. The second-order valence-corrected chi connectivity index (χ2v) is 6.96. The lowest BCUT2D eigenvalue weighted by atomic mass is 10.3. The fourth-order valence-corrected chi connectivity index (χ4v) is 3.13. The summed E-state index contributed by atoms with van der Waals surface area (Å²) in [6.45, 7) is 0.447. The lowest BCUT2D eigenvalue weighted by Crippen LogP contribution is -2.12. The molecular formula is C17H13ClN6O2S. The third-order valence-corrected chi connectivity index (χ3v) is 4.70. The van der Waals surface area contributed by atoms with Crippen LogP contribution in [0.3, 0.4) is 0 Å². The van der Waals surface area contributed by atoms with E-state index in [0.717, 1.165) is 10.8 Å². The first-order valence-electron chi connectivity index (χ1n) is 7.99. The van der Waals surface area contributed by atoms with Crippen molar-refractivity contribution in [3.05, 3.63) is 64.6 Å². The van der Waals surface area contributed by atoms with Crippen LogP contribution in [0.5, 0.6) is 5.75 Å². The number of carbonyl (C=O) groups excluding carboxylic acids is 1. The fourth-order valence-electron chi connectivity index (χ4n) is 2.29. The molecule has 1 N–H and O–H groups in total. The topological polar surface area (TPSA) is 94.3 Å². The monoisotopic (exact) mass is 400 g/mol. The van der Waals surface area contributed by atoms with Gasteiger partial charge in [0.05, 0.1) is 6.61 Å². The van der Waals surface area contributed by atoms with Crippen LogP contribution in [0.2, 0.25) is 5.02 Å². The molecule has 4 aromatic rings. The second-order valence-electron chi connectivity index (χ2n) is 5.46. The van der Waals surface area contributed by atoms with Crippen LogP contribution in [0.4, 0.5) is 5.13 Å². The maximum Gasteiger partial charge on any atom is 0.277 e. The molecule has 3 aromatic heterocycles. The van der Waals surface area contributed by atoms with Crippen LogP contribution in [-0.2, 0) is 6.42 Å². The van der Waals surface area contributed by atoms with Gasteiger partial charge in [-0.25, -0.2) is 9.97 Å². The maximum atomic E-state index is 12.3. The normalized spacial score (nSPS) is 10.9. The smallest absolute Gasteiger partial charge is 0.277 e. The summed E-state index contributed by atoms with van der Waals surface area (Å²) < 4.78 is 7.31. The van der Waals surface area contributed by atoms with Crippen molar-refractivity contribution in [1.29, 1.82) is 0 Å². The molecule has 0 aliphatic heterocycles. The third-order valence-electron chi connectivity index (χ3n) is 3.55. The minimum absolute atomic E-state index is 0.261. The summed E-state index contributed by atoms with van der Waals surface area (Å²) >= 11 is 7.13. The highest BCUT2D eigenvalue weighted by atomic mass is 35.5. The number of nitrogens with one attached hydrogen (secondary N) is 1. The van der Waals surface area contributed by atoms with Gasteiger partial charge in [-0.3, -0.25) is 14.5 Å². The van der Waals surface area contributed by atoms with E-state index >= 15 is 0 Å². The van der Waals surface area contributed by atoms with E-state index in [1.165, 1.54) is 11.3 Å². The van der Waals surface area contributed by atoms with Gasteiger partial charge in [-0.15, -0.1) is 10.2 Å². The van der Waals surface area contributed by atoms with Crippen LogP contribution in [0.25, 0.3) is 5.78 Å². The van der Waals surface area contributed by atoms with Crippen molar-refractivity contribution in [3.63, 3.8) is 0 Å². The molecule has 0 radical (unpaired) electrons. The Kier molecular flexibility index (Phi) is 4.95. The molecule has 1 amide bonds. The van der Waals surface area contributed by atoms with Crippen molar-refractivity contribution < 1.29 is 9.53 Å². The number of halogens is 1. The van der Waals surface area contributed by atoms with E-state index in [1.807, 2.05) is 0 Å². The molecule has 0 aliphatic rings. The zero-order valence-corrected chi connectivity index (χ0v) is 15.4. The van der Waals surface area contributed by atoms with Gasteiger partial charge in [0.25, 0.3) is 5.91 Å². The van der Waals surface area contributed by atoms with Gasteiger partial charge in [0.1, 0.15) is 16.5 Å². The molecule has 0 unspecified atom stereocenters. The molecule has 0 atom stereocenters. The van der Waals surface area contributed by atoms with Gasteiger partial charge in [0, 0.05) is 30.0 Å². The number of imidazole rings is 1. The Hall–Kier alpha value is -3.04. The minimum atomic E-state index is -0.361. The van der Waals surface area contributed by atoms with E-state index in [-0.39, 0.29) is 11.6 Å². The van der Waals surface area contributed by atoms with Gasteiger partial charge in [-0.2, -0.15) is 0 Å². The molecule has 3 heterocycles. The molecule has 0 bridgehead atoms. The third kappa shape index (κ3) is 4.21. The van der Waals surface area contributed by atoms with Crippen molar-refractivity contribution in [1.82, 2.24) is 24.6 Å². The minimum Gasteiger partial charge on any atom is -0.493 e. The van der Waals surface area contributed by atoms with Gasteiger partial charge < -0.3 is 4.74 Å². The van der Waals surface area contributed by atoms with Gasteiger partial charge in [-0.05, 0) is 30.3 Å². The molecule has 4 rings (SSSR count). The van der Waals surface area contributed by atoms with E-state index in [4.69, 9.17) is 16.3 Å². The van der Waals surface area contributed by atoms with Crippen LogP contribution in [0.15, 0.2) is 48.9 Å². The van der Waals surface area contributed by atoms with Gasteiger partial charge in [-0.1, -0.05) is 22.9 Å². The first-order valence-corrected chi connectivity index (χ1v) is 9.19. The number of fused-ring (bicyclic) bond motifs is 1. The zero-order chi connectivity index (χ0) is 18.6. The van der Waals surface area contributed by atoms with Gasteiger partial charge >= 0.3 is 0 Å². The summed E-state index contributed by atoms with van der Waals surface area (Å²) in [4.78, 5) is 20.6. The Morgan fingerprint density at radius 3 is 2.93 bits per heavy atom. The number of hydrogen-bond donors (Lipinski definition) is 1. The molecule has 0 spiro atoms. The Morgan fingerprint density at radius 2 is 2.11 bits per heavy atom. The number of amides is 1. The number of ether oxygens (including phenoxy) is 1. The first kappa shape index (κ1) is 17.4. The predicted molar refractivity (Wildman–Crippen MR) is 102 cm³/mol. The first-order chi connectivity index (χ1) is 13.2. The summed E-state index contributed by atoms with van der Waals surface area (Å²) in [6, 6.07) is 8.91. The lowest BCUT2D eigenvalue weighted by molar-refractivity contribution is 0.102. The van der Waals surface area contributed by atoms with Gasteiger partial charge in [0.2, 0.25) is 10.9 Å². The summed E-state index contributed by atoms with van der Waals surface area (Å²) in [6.07, 6.45) is 5.58. The van der Waals surface area contributed by atoms with Crippen LogP contribution in [-0.4, -0.2) is 37.1 Å². The highest BCUT2D eigenvalue weighted by Crippen LogP contribution is 2.18. The average molecular weight is 401 g/mol. The van der Waals surface area contributed by atoms with Crippen molar-refractivity contribution in [3.8, 4) is 5.75 Å². The van der Waals surface area contributed by atoms with Crippen LogP contribution in [0, 0.1) is 0 Å². The fraction of sp³-hybridized carbons (Fsp3) is 0.118. The molecule has 136 valence electrons. The van der Waals surface area contributed by atoms with Crippen LogP contribution in [0.1, 0.15) is 15.5 Å². The Bertz CT molecular complexity index is 1050. The molecule has 8 nitrogen and oxygen atoms in total. The molecule has 0 saturated carbocycles. The summed E-state index contributed by atoms with van der Waals surface area (Å²) in [5.74, 6) is 0.832. The summed E-state index contributed by atoms with van der Waals surface area (Å²) in [5.41, 5.74) is 0.261. The van der Waals surface area contributed by atoms with E-state index < -0.39 is 0 Å². The second kappa shape index (κ2) is 7.68. The zero-order valence-electron chi connectivity index (χ0n) is 13.9. The molecular weight excluding hydrogens is 388 g/mol. The molecule has 0 saturated heterocycles. The quantitative estimate of drug-likeness (QED) is 0.534. The number of carbonyl (C=O) groups is 1. The average Bonchev–Trinajstić information content (AvgIpc) is 3.30. The number of nitrogens with zero attached hydrogens (tertiary/aromatic N) is 5. The van der Waals surface area contributed by atoms with E-state index in [1.54, 1.807) is 53.3 Å². The van der Waals surface area contributed by atoms with E-state index in [0.29, 0.717) is 29.0 Å². The van der Waals surface area contributed by atoms with E-state index in [2.05, 4.69) is 25.5 Å². The summed E-state index contributed by atoms with van der Waals surface area (Å²) in [7, 11) is 0. The van der Waals surface area contributed by atoms with Crippen molar-refractivity contribution >= 4 is 39.8 Å². The van der Waals surface area contributed by atoms with Crippen molar-refractivity contribution in [2.45, 2.75) is 6.42 Å². The maximum absolute atomic E-state index is 12.3. The molecule has 10 heteroatoms. The largest absolute Gasteiger partial charge is 0.493 e. The highest BCUT2D eigenvalue weighted by molar-refractivity contribution is 7.15. The number of hydrogen-bond acceptors (Lipinski definition) is 7. The van der Waals surface area contributed by atoms with E-state index in [9.17, 15) is 4.79 Å². The van der Waals surface area contributed by atoms with Crippen molar-refractivity contribution in [2.24, 2.45) is 0 Å². The Labute approximate surface area is 162 Å². The summed E-state index contributed by atoms with van der Waals surface area (Å²) in [5, 5.41) is 12.6. The van der Waals surface area contributed by atoms with Crippen molar-refractivity contribution in [2.75, 3.05) is 11.9 Å². The standard InChI is InChI=1S/C17H13ClN6O2S/c18-11-2-4-12(5-3-11)26-9-6-14-22-23-17(27-14)21-15(25)13-10-24-8-1-7-19-16(24)20-13/h1-5,7-8,10H,6,9H2,(H,21,23,25). The highest BCUT2D eigenvalue weighted by Gasteiger charge is 2.14. The molecule has 1 aromatic carbocycles. The lowest BCUT2D eigenvalue weighted by Gasteiger charge is -2.04. The molecule has 27 heavy (non-hydrogen) atoms. The Balaban J connectivity index is 1.33.